The number of alkyl halides is 2. The van der Waals surface area contributed by atoms with Crippen LogP contribution in [-0.4, -0.2) is 60.0 Å². The minimum atomic E-state index is -3.90. The molecule has 1 aromatic carbocycles. The molecular formula is C21H24BrFN5O6P. The monoisotopic (exact) mass is 571 g/mol. The maximum Gasteiger partial charge on any atom is 0.379 e. The molecule has 14 heteroatoms. The Bertz CT molecular complexity index is 1260. The van der Waals surface area contributed by atoms with Crippen molar-refractivity contribution in [3.05, 3.63) is 43.0 Å². The SMILES string of the molecule is CC(=O)[C@H](C)CP(=O)(OC[C@H]1O[C@@H](n2cnc3c(N)ncnc32)C(F)(Br)[C@H]1O)Oc1ccccc1. The van der Waals surface area contributed by atoms with Gasteiger partial charge in [-0.15, -0.1) is 0 Å². The van der Waals surface area contributed by atoms with Crippen LogP contribution in [0.15, 0.2) is 43.0 Å². The number of carbonyl (C=O) groups excluding carboxylic acids is 1. The van der Waals surface area contributed by atoms with Crippen LogP contribution in [0.2, 0.25) is 0 Å². The number of imidazole rings is 1. The molecule has 3 aromatic rings. The van der Waals surface area contributed by atoms with E-state index in [1.54, 1.807) is 37.3 Å². The lowest BCUT2D eigenvalue weighted by Gasteiger charge is -2.24. The Balaban J connectivity index is 1.55. The average molecular weight is 572 g/mol. The number of aromatic nitrogens is 4. The van der Waals surface area contributed by atoms with E-state index in [4.69, 9.17) is 19.5 Å². The van der Waals surface area contributed by atoms with Crippen molar-refractivity contribution in [2.24, 2.45) is 5.92 Å². The first-order chi connectivity index (χ1) is 16.5. The lowest BCUT2D eigenvalue weighted by atomic mass is 10.1. The van der Waals surface area contributed by atoms with E-state index in [9.17, 15) is 14.5 Å². The van der Waals surface area contributed by atoms with Crippen molar-refractivity contribution < 1.29 is 32.6 Å². The molecule has 188 valence electrons. The summed E-state index contributed by atoms with van der Waals surface area (Å²) in [7, 11) is -3.90. The molecule has 0 spiro atoms. The van der Waals surface area contributed by atoms with Crippen LogP contribution < -0.4 is 10.3 Å². The maximum absolute atomic E-state index is 15.6. The fourth-order valence-electron chi connectivity index (χ4n) is 3.56. The highest BCUT2D eigenvalue weighted by molar-refractivity contribution is 9.10. The molecule has 1 aliphatic rings. The van der Waals surface area contributed by atoms with Crippen molar-refractivity contribution in [3.8, 4) is 5.75 Å². The second-order valence-corrected chi connectivity index (χ2v) is 11.5. The number of carbonyl (C=O) groups is 1. The third-order valence-corrected chi connectivity index (χ3v) is 8.52. The Labute approximate surface area is 208 Å². The van der Waals surface area contributed by atoms with Crippen LogP contribution in [-0.2, 0) is 18.6 Å². The molecule has 6 atom stereocenters. The van der Waals surface area contributed by atoms with Gasteiger partial charge in [0.1, 0.15) is 35.6 Å². The van der Waals surface area contributed by atoms with Gasteiger partial charge in [0.05, 0.1) is 19.1 Å². The number of rotatable bonds is 9. The molecule has 1 aliphatic heterocycles. The van der Waals surface area contributed by atoms with Crippen LogP contribution >= 0.6 is 23.5 Å². The highest BCUT2D eigenvalue weighted by Gasteiger charge is 2.57. The fourth-order valence-corrected chi connectivity index (χ4v) is 6.16. The number of para-hydroxylation sites is 1. The quantitative estimate of drug-likeness (QED) is 0.289. The minimum Gasteiger partial charge on any atom is -0.424 e. The molecule has 3 heterocycles. The van der Waals surface area contributed by atoms with Crippen molar-refractivity contribution in [1.29, 1.82) is 0 Å². The summed E-state index contributed by atoms with van der Waals surface area (Å²) in [5.41, 5.74) is 6.24. The Kier molecular flexibility index (Phi) is 7.26. The van der Waals surface area contributed by atoms with E-state index in [0.717, 1.165) is 0 Å². The van der Waals surface area contributed by atoms with Gasteiger partial charge < -0.3 is 20.1 Å². The molecular weight excluding hydrogens is 548 g/mol. The van der Waals surface area contributed by atoms with Crippen LogP contribution in [0.1, 0.15) is 20.1 Å². The van der Waals surface area contributed by atoms with E-state index in [0.29, 0.717) is 0 Å². The van der Waals surface area contributed by atoms with Gasteiger partial charge in [0, 0.05) is 5.92 Å². The number of nitrogen functional groups attached to an aromatic ring is 1. The zero-order chi connectivity index (χ0) is 25.4. The summed E-state index contributed by atoms with van der Waals surface area (Å²) in [4.78, 5) is 23.8. The van der Waals surface area contributed by atoms with E-state index in [2.05, 4.69) is 30.9 Å². The van der Waals surface area contributed by atoms with Gasteiger partial charge in [-0.1, -0.05) is 25.1 Å². The zero-order valence-electron chi connectivity index (χ0n) is 18.8. The molecule has 0 radical (unpaired) electrons. The first-order valence-electron chi connectivity index (χ1n) is 10.6. The highest BCUT2D eigenvalue weighted by atomic mass is 79.9. The Hall–Kier alpha value is -2.44. The summed E-state index contributed by atoms with van der Waals surface area (Å²) < 4.78 is 45.0. The van der Waals surface area contributed by atoms with Crippen LogP contribution in [0.4, 0.5) is 10.2 Å². The van der Waals surface area contributed by atoms with Gasteiger partial charge in [-0.25, -0.2) is 23.9 Å². The smallest absolute Gasteiger partial charge is 0.379 e. The van der Waals surface area contributed by atoms with E-state index in [1.807, 2.05) is 0 Å². The number of fused-ring (bicyclic) bond motifs is 1. The number of hydrogen-bond acceptors (Lipinski definition) is 10. The number of ketones is 1. The molecule has 0 bridgehead atoms. The van der Waals surface area contributed by atoms with Crippen molar-refractivity contribution in [3.63, 3.8) is 0 Å². The summed E-state index contributed by atoms with van der Waals surface area (Å²) >= 11 is 2.91. The standard InChI is InChI=1S/C21H24BrFN5O6P/c1-12(13(2)29)9-35(31,34-14-6-4-3-5-7-14)32-8-15-17(30)21(22,23)20(33-15)28-11-27-16-18(24)25-10-26-19(16)28/h3-7,10-12,15,17,20,30H,8-9H2,1-2H3,(H2,24,25,26)/t12-,15-,17+,20-,21?,35?/m1/s1. The summed E-state index contributed by atoms with van der Waals surface area (Å²) in [6.07, 6.45) is -2.12. The van der Waals surface area contributed by atoms with Gasteiger partial charge in [0.25, 0.3) is 0 Å². The topological polar surface area (TPSA) is 152 Å². The van der Waals surface area contributed by atoms with Crippen molar-refractivity contribution >= 4 is 46.3 Å². The van der Waals surface area contributed by atoms with Crippen molar-refractivity contribution in [2.75, 3.05) is 18.5 Å². The molecule has 2 aromatic heterocycles. The Morgan fingerprint density at radius 2 is 2.09 bits per heavy atom. The molecule has 2 unspecified atom stereocenters. The van der Waals surface area contributed by atoms with E-state index in [1.165, 1.54) is 24.1 Å². The summed E-state index contributed by atoms with van der Waals surface area (Å²) in [6.45, 7) is 2.50. The molecule has 1 saturated heterocycles. The first kappa shape index (κ1) is 25.6. The largest absolute Gasteiger partial charge is 0.424 e. The van der Waals surface area contributed by atoms with Crippen LogP contribution in [0, 0.1) is 5.92 Å². The second kappa shape index (κ2) is 9.90. The van der Waals surface area contributed by atoms with Gasteiger partial charge in [-0.3, -0.25) is 13.9 Å². The van der Waals surface area contributed by atoms with Gasteiger partial charge in [-0.2, -0.15) is 0 Å². The summed E-state index contributed by atoms with van der Waals surface area (Å²) in [5.74, 6) is -0.436. The maximum atomic E-state index is 15.6. The highest BCUT2D eigenvalue weighted by Crippen LogP contribution is 2.52. The number of anilines is 1. The van der Waals surface area contributed by atoms with Crippen molar-refractivity contribution in [2.45, 2.75) is 36.9 Å². The number of aliphatic hydroxyl groups is 1. The number of Topliss-reactive ketones (excluding diaryl/α,β-unsaturated/α-hetero) is 1. The number of ether oxygens (including phenoxy) is 1. The Morgan fingerprint density at radius 3 is 2.77 bits per heavy atom. The molecule has 35 heavy (non-hydrogen) atoms. The number of nitrogens with two attached hydrogens (primary N) is 1. The molecule has 4 rings (SSSR count). The van der Waals surface area contributed by atoms with Crippen LogP contribution in [0.5, 0.6) is 5.75 Å². The third-order valence-electron chi connectivity index (χ3n) is 5.63. The van der Waals surface area contributed by atoms with E-state index in [-0.39, 0.29) is 34.7 Å². The van der Waals surface area contributed by atoms with E-state index >= 15 is 4.39 Å². The molecule has 3 N–H and O–H groups in total. The normalized spacial score (nSPS) is 26.9. The lowest BCUT2D eigenvalue weighted by molar-refractivity contribution is -0.119. The van der Waals surface area contributed by atoms with Gasteiger partial charge in [-0.05, 0) is 35.0 Å². The number of halogens is 2. The van der Waals surface area contributed by atoms with Crippen LogP contribution in [0.3, 0.4) is 0 Å². The predicted octanol–water partition coefficient (Wildman–Crippen LogP) is 3.24. The lowest BCUT2D eigenvalue weighted by Crippen LogP contribution is -2.38. The van der Waals surface area contributed by atoms with Crippen LogP contribution in [0.25, 0.3) is 11.2 Å². The summed E-state index contributed by atoms with van der Waals surface area (Å²) in [5, 5.41) is 10.7. The number of hydrogen-bond donors (Lipinski definition) is 2. The molecule has 11 nitrogen and oxygen atoms in total. The second-order valence-electron chi connectivity index (χ2n) is 8.23. The molecule has 0 aliphatic carbocycles. The molecule has 0 amide bonds. The van der Waals surface area contributed by atoms with Gasteiger partial charge in [0.15, 0.2) is 17.7 Å². The third kappa shape index (κ3) is 5.24. The average Bonchev–Trinajstić information content (AvgIpc) is 3.32. The van der Waals surface area contributed by atoms with Crippen molar-refractivity contribution in [1.82, 2.24) is 19.5 Å². The van der Waals surface area contributed by atoms with Gasteiger partial charge in [0.2, 0.25) is 4.58 Å². The fraction of sp³-hybridized carbons (Fsp3) is 0.429. The summed E-state index contributed by atoms with van der Waals surface area (Å²) in [6, 6.07) is 8.32. The zero-order valence-corrected chi connectivity index (χ0v) is 21.3. The first-order valence-corrected chi connectivity index (χ1v) is 13.2. The molecule has 1 fully saturated rings. The molecule has 0 saturated carbocycles. The minimum absolute atomic E-state index is 0.102. The van der Waals surface area contributed by atoms with E-state index < -0.39 is 43.1 Å². The Morgan fingerprint density at radius 1 is 1.37 bits per heavy atom. The number of nitrogens with zero attached hydrogens (tertiary/aromatic N) is 4. The number of aliphatic hydroxyl groups excluding tert-OH is 1. The number of benzene rings is 1. The van der Waals surface area contributed by atoms with Gasteiger partial charge >= 0.3 is 7.60 Å². The predicted molar refractivity (Wildman–Crippen MR) is 128 cm³/mol.